The SMILES string of the molecule is CC(=O)N1CCc2c(sc(NC(=O)C3CCCC3)c2C(N)=O)C1. The average Bonchev–Trinajstić information content (AvgIpc) is 3.13. The van der Waals surface area contributed by atoms with E-state index in [2.05, 4.69) is 5.32 Å². The number of primary amides is 1. The van der Waals surface area contributed by atoms with Gasteiger partial charge in [0, 0.05) is 24.3 Å². The molecular weight excluding hydrogens is 314 g/mol. The van der Waals surface area contributed by atoms with Gasteiger partial charge >= 0.3 is 0 Å². The maximum absolute atomic E-state index is 12.4. The third-order valence-corrected chi connectivity index (χ3v) is 5.84. The number of fused-ring (bicyclic) bond motifs is 1. The van der Waals surface area contributed by atoms with Gasteiger partial charge in [-0.05, 0) is 24.8 Å². The first-order chi connectivity index (χ1) is 11.0. The van der Waals surface area contributed by atoms with Crippen molar-refractivity contribution in [2.45, 2.75) is 45.6 Å². The summed E-state index contributed by atoms with van der Waals surface area (Å²) in [6, 6.07) is 0. The number of carbonyl (C=O) groups excluding carboxylic acids is 3. The van der Waals surface area contributed by atoms with Crippen molar-refractivity contribution >= 4 is 34.1 Å². The molecular formula is C16H21N3O3S. The van der Waals surface area contributed by atoms with E-state index in [1.165, 1.54) is 18.3 Å². The predicted octanol–water partition coefficient (Wildman–Crippen LogP) is 1.88. The Morgan fingerprint density at radius 3 is 2.57 bits per heavy atom. The lowest BCUT2D eigenvalue weighted by Crippen LogP contribution is -2.34. The van der Waals surface area contributed by atoms with Crippen LogP contribution in [0.3, 0.4) is 0 Å². The molecule has 0 radical (unpaired) electrons. The van der Waals surface area contributed by atoms with Gasteiger partial charge in [-0.2, -0.15) is 0 Å². The van der Waals surface area contributed by atoms with Crippen molar-refractivity contribution in [3.8, 4) is 0 Å². The number of rotatable bonds is 3. The fraction of sp³-hybridized carbons (Fsp3) is 0.562. The highest BCUT2D eigenvalue weighted by molar-refractivity contribution is 7.17. The highest BCUT2D eigenvalue weighted by atomic mass is 32.1. The van der Waals surface area contributed by atoms with E-state index < -0.39 is 5.91 Å². The van der Waals surface area contributed by atoms with Crippen LogP contribution in [0, 0.1) is 5.92 Å². The first-order valence-corrected chi connectivity index (χ1v) is 8.79. The van der Waals surface area contributed by atoms with E-state index in [1.54, 1.807) is 4.90 Å². The molecule has 1 aromatic rings. The van der Waals surface area contributed by atoms with Gasteiger partial charge < -0.3 is 16.0 Å². The summed E-state index contributed by atoms with van der Waals surface area (Å²) in [5.41, 5.74) is 6.86. The minimum atomic E-state index is -0.513. The molecule has 2 aliphatic rings. The lowest BCUT2D eigenvalue weighted by Gasteiger charge is -2.25. The number of thiophene rings is 1. The molecule has 0 unspecified atom stereocenters. The van der Waals surface area contributed by atoms with E-state index in [9.17, 15) is 14.4 Å². The molecule has 1 aliphatic heterocycles. The zero-order valence-electron chi connectivity index (χ0n) is 13.2. The molecule has 1 aliphatic carbocycles. The molecule has 2 heterocycles. The second-order valence-corrected chi connectivity index (χ2v) is 7.34. The summed E-state index contributed by atoms with van der Waals surface area (Å²) in [5.74, 6) is -0.489. The number of nitrogens with one attached hydrogen (secondary N) is 1. The van der Waals surface area contributed by atoms with Crippen molar-refractivity contribution in [2.75, 3.05) is 11.9 Å². The minimum absolute atomic E-state index is 0.0150. The number of carbonyl (C=O) groups is 3. The van der Waals surface area contributed by atoms with Crippen LogP contribution in [-0.4, -0.2) is 29.2 Å². The van der Waals surface area contributed by atoms with E-state index >= 15 is 0 Å². The fourth-order valence-electron chi connectivity index (χ4n) is 3.42. The van der Waals surface area contributed by atoms with Gasteiger partial charge in [0.2, 0.25) is 11.8 Å². The Hall–Kier alpha value is -1.89. The van der Waals surface area contributed by atoms with Crippen molar-refractivity contribution in [2.24, 2.45) is 11.7 Å². The number of amides is 3. The van der Waals surface area contributed by atoms with Gasteiger partial charge in [-0.25, -0.2) is 0 Å². The maximum Gasteiger partial charge on any atom is 0.251 e. The van der Waals surface area contributed by atoms with Crippen LogP contribution in [0.4, 0.5) is 5.00 Å². The van der Waals surface area contributed by atoms with Crippen LogP contribution in [0.5, 0.6) is 0 Å². The summed E-state index contributed by atoms with van der Waals surface area (Å²) in [6.07, 6.45) is 4.56. The van der Waals surface area contributed by atoms with Crippen LogP contribution in [-0.2, 0) is 22.6 Å². The fourth-order valence-corrected chi connectivity index (χ4v) is 4.69. The monoisotopic (exact) mass is 335 g/mol. The van der Waals surface area contributed by atoms with Gasteiger partial charge in [-0.3, -0.25) is 14.4 Å². The third-order valence-electron chi connectivity index (χ3n) is 4.71. The number of nitrogens with zero attached hydrogens (tertiary/aromatic N) is 1. The van der Waals surface area contributed by atoms with Crippen LogP contribution in [0.1, 0.15) is 53.4 Å². The lowest BCUT2D eigenvalue weighted by molar-refractivity contribution is -0.129. The number of hydrogen-bond donors (Lipinski definition) is 2. The Bertz CT molecular complexity index is 662. The molecule has 1 fully saturated rings. The molecule has 0 spiro atoms. The summed E-state index contributed by atoms with van der Waals surface area (Å²) >= 11 is 1.37. The molecule has 0 aromatic carbocycles. The summed E-state index contributed by atoms with van der Waals surface area (Å²) in [4.78, 5) is 38.5. The quantitative estimate of drug-likeness (QED) is 0.883. The molecule has 3 N–H and O–H groups in total. The first kappa shape index (κ1) is 16.0. The Labute approximate surface area is 139 Å². The zero-order chi connectivity index (χ0) is 16.6. The smallest absolute Gasteiger partial charge is 0.251 e. The molecule has 0 atom stereocenters. The van der Waals surface area contributed by atoms with Gasteiger partial charge in [0.1, 0.15) is 5.00 Å². The first-order valence-electron chi connectivity index (χ1n) is 7.98. The van der Waals surface area contributed by atoms with E-state index in [0.29, 0.717) is 30.1 Å². The predicted molar refractivity (Wildman–Crippen MR) is 88.2 cm³/mol. The normalized spacial score (nSPS) is 17.9. The van der Waals surface area contributed by atoms with Gasteiger partial charge in [0.05, 0.1) is 12.1 Å². The number of nitrogens with two attached hydrogens (primary N) is 1. The second kappa shape index (κ2) is 6.31. The Morgan fingerprint density at radius 1 is 1.26 bits per heavy atom. The standard InChI is InChI=1S/C16H21N3O3S/c1-9(20)19-7-6-11-12(8-19)23-16(13(11)14(17)21)18-15(22)10-4-2-3-5-10/h10H,2-8H2,1H3,(H2,17,21)(H,18,22). The zero-order valence-corrected chi connectivity index (χ0v) is 14.0. The number of anilines is 1. The van der Waals surface area contributed by atoms with Crippen molar-refractivity contribution < 1.29 is 14.4 Å². The summed E-state index contributed by atoms with van der Waals surface area (Å²) in [6.45, 7) is 2.60. The van der Waals surface area contributed by atoms with Crippen LogP contribution in [0.2, 0.25) is 0 Å². The minimum Gasteiger partial charge on any atom is -0.365 e. The van der Waals surface area contributed by atoms with E-state index in [4.69, 9.17) is 5.73 Å². The molecule has 3 amide bonds. The molecule has 0 bridgehead atoms. The maximum atomic E-state index is 12.4. The topological polar surface area (TPSA) is 92.5 Å². The number of hydrogen-bond acceptors (Lipinski definition) is 4. The highest BCUT2D eigenvalue weighted by Crippen LogP contribution is 2.37. The van der Waals surface area contributed by atoms with Crippen LogP contribution in [0.25, 0.3) is 0 Å². The molecule has 0 saturated heterocycles. The molecule has 1 aromatic heterocycles. The molecule has 7 heteroatoms. The average molecular weight is 335 g/mol. The Kier molecular flexibility index (Phi) is 4.39. The van der Waals surface area contributed by atoms with Crippen molar-refractivity contribution in [1.82, 2.24) is 4.90 Å². The Balaban J connectivity index is 1.87. The van der Waals surface area contributed by atoms with Gasteiger partial charge in [0.25, 0.3) is 5.91 Å². The largest absolute Gasteiger partial charge is 0.365 e. The Morgan fingerprint density at radius 2 is 1.96 bits per heavy atom. The van der Waals surface area contributed by atoms with E-state index in [1.807, 2.05) is 0 Å². The van der Waals surface area contributed by atoms with E-state index in [-0.39, 0.29) is 17.7 Å². The highest BCUT2D eigenvalue weighted by Gasteiger charge is 2.30. The molecule has 6 nitrogen and oxygen atoms in total. The lowest BCUT2D eigenvalue weighted by atomic mass is 10.0. The van der Waals surface area contributed by atoms with Crippen LogP contribution < -0.4 is 11.1 Å². The second-order valence-electron chi connectivity index (χ2n) is 6.23. The van der Waals surface area contributed by atoms with Gasteiger partial charge in [-0.1, -0.05) is 12.8 Å². The summed E-state index contributed by atoms with van der Waals surface area (Å²) in [5, 5.41) is 3.46. The third kappa shape index (κ3) is 3.10. The molecule has 23 heavy (non-hydrogen) atoms. The van der Waals surface area contributed by atoms with Gasteiger partial charge in [-0.15, -0.1) is 11.3 Å². The molecule has 3 rings (SSSR count). The van der Waals surface area contributed by atoms with Crippen molar-refractivity contribution in [3.63, 3.8) is 0 Å². The molecule has 1 saturated carbocycles. The van der Waals surface area contributed by atoms with Crippen molar-refractivity contribution in [3.05, 3.63) is 16.0 Å². The van der Waals surface area contributed by atoms with E-state index in [0.717, 1.165) is 36.1 Å². The van der Waals surface area contributed by atoms with Crippen LogP contribution >= 0.6 is 11.3 Å². The van der Waals surface area contributed by atoms with Gasteiger partial charge in [0.15, 0.2) is 0 Å². The van der Waals surface area contributed by atoms with Crippen LogP contribution in [0.15, 0.2) is 0 Å². The summed E-state index contributed by atoms with van der Waals surface area (Å²) in [7, 11) is 0. The van der Waals surface area contributed by atoms with Crippen molar-refractivity contribution in [1.29, 1.82) is 0 Å². The molecule has 124 valence electrons. The summed E-state index contributed by atoms with van der Waals surface area (Å²) < 4.78 is 0.